The van der Waals surface area contributed by atoms with Gasteiger partial charge in [-0.3, -0.25) is 19.7 Å². The highest BCUT2D eigenvalue weighted by atomic mass is 32.2. The number of anilines is 1. The number of hydrogen-bond acceptors (Lipinski definition) is 8. The molecule has 12 heteroatoms. The Balaban J connectivity index is 1.97. The van der Waals surface area contributed by atoms with Gasteiger partial charge in [0.25, 0.3) is 5.69 Å². The third-order valence-electron chi connectivity index (χ3n) is 3.64. The van der Waals surface area contributed by atoms with Gasteiger partial charge in [0, 0.05) is 29.6 Å². The van der Waals surface area contributed by atoms with Gasteiger partial charge < -0.3 is 15.8 Å². The van der Waals surface area contributed by atoms with Crippen molar-refractivity contribution in [2.75, 3.05) is 29.7 Å². The number of carbonyl (C=O) groups excluding carboxylic acids is 2. The Morgan fingerprint density at radius 2 is 1.97 bits per heavy atom. The lowest BCUT2D eigenvalue weighted by atomic mass is 10.2. The number of nitro groups is 1. The minimum absolute atomic E-state index is 0.00295. The van der Waals surface area contributed by atoms with E-state index in [0.717, 1.165) is 24.1 Å². The zero-order chi connectivity index (χ0) is 22.3. The topological polar surface area (TPSA) is 159 Å². The van der Waals surface area contributed by atoms with Crippen LogP contribution in [0.15, 0.2) is 47.4 Å². The minimum atomic E-state index is -3.15. The van der Waals surface area contributed by atoms with Crippen LogP contribution in [-0.2, 0) is 14.6 Å². The number of carbonyl (C=O) groups is 2. The average Bonchev–Trinajstić information content (AvgIpc) is 2.65. The number of primary amides is 1. The molecule has 0 aromatic heterocycles. The van der Waals surface area contributed by atoms with E-state index >= 15 is 0 Å². The van der Waals surface area contributed by atoms with E-state index in [2.05, 4.69) is 5.32 Å². The summed E-state index contributed by atoms with van der Waals surface area (Å²) in [6.07, 6.45) is 1.11. The van der Waals surface area contributed by atoms with Gasteiger partial charge in [-0.25, -0.2) is 8.42 Å². The summed E-state index contributed by atoms with van der Waals surface area (Å²) in [5.41, 5.74) is 5.25. The molecule has 0 atom stereocenters. The molecule has 0 aliphatic carbocycles. The van der Waals surface area contributed by atoms with Crippen LogP contribution >= 0.6 is 11.8 Å². The molecular formula is C18H19N3O7S2. The fourth-order valence-corrected chi connectivity index (χ4v) is 3.44. The van der Waals surface area contributed by atoms with Crippen molar-refractivity contribution in [3.63, 3.8) is 0 Å². The van der Waals surface area contributed by atoms with Crippen molar-refractivity contribution in [2.24, 2.45) is 5.73 Å². The number of nitro benzene ring substituents is 1. The first-order valence-corrected chi connectivity index (χ1v) is 11.5. The Morgan fingerprint density at radius 3 is 2.60 bits per heavy atom. The minimum Gasteiger partial charge on any atom is -0.492 e. The number of ether oxygens (including phenoxy) is 1. The maximum absolute atomic E-state index is 12.2. The molecule has 0 bridgehead atoms. The number of sulfone groups is 1. The number of nitrogens with two attached hydrogens (primary N) is 1. The van der Waals surface area contributed by atoms with Crippen molar-refractivity contribution in [2.45, 2.75) is 4.90 Å². The van der Waals surface area contributed by atoms with Crippen molar-refractivity contribution in [3.05, 3.63) is 58.1 Å². The Hall–Kier alpha value is -3.12. The largest absolute Gasteiger partial charge is 0.492 e. The van der Waals surface area contributed by atoms with Crippen LogP contribution in [0.5, 0.6) is 5.75 Å². The molecule has 0 heterocycles. The second-order valence-electron chi connectivity index (χ2n) is 6.15. The number of nitrogens with one attached hydrogen (secondary N) is 1. The lowest BCUT2D eigenvalue weighted by molar-refractivity contribution is -0.387. The van der Waals surface area contributed by atoms with Crippen LogP contribution in [-0.4, -0.2) is 49.5 Å². The predicted molar refractivity (Wildman–Crippen MR) is 113 cm³/mol. The zero-order valence-electron chi connectivity index (χ0n) is 15.9. The van der Waals surface area contributed by atoms with Crippen LogP contribution in [0.25, 0.3) is 0 Å². The van der Waals surface area contributed by atoms with Gasteiger partial charge in [-0.15, -0.1) is 11.8 Å². The molecule has 0 aliphatic rings. The quantitative estimate of drug-likeness (QED) is 0.313. The fraction of sp³-hybridized carbons (Fsp3) is 0.222. The Kier molecular flexibility index (Phi) is 7.78. The highest BCUT2D eigenvalue weighted by Crippen LogP contribution is 2.30. The summed E-state index contributed by atoms with van der Waals surface area (Å²) in [5, 5.41) is 13.8. The van der Waals surface area contributed by atoms with Crippen LogP contribution in [0.2, 0.25) is 0 Å². The lowest BCUT2D eigenvalue weighted by Gasteiger charge is -2.09. The van der Waals surface area contributed by atoms with E-state index in [4.69, 9.17) is 10.5 Å². The Labute approximate surface area is 176 Å². The van der Waals surface area contributed by atoms with E-state index < -0.39 is 26.6 Å². The molecular weight excluding hydrogens is 434 g/mol. The number of amides is 2. The predicted octanol–water partition coefficient (Wildman–Crippen LogP) is 1.85. The summed E-state index contributed by atoms with van der Waals surface area (Å²) in [5.74, 6) is -1.06. The average molecular weight is 453 g/mol. The number of rotatable bonds is 10. The van der Waals surface area contributed by atoms with E-state index in [9.17, 15) is 28.1 Å². The van der Waals surface area contributed by atoms with Crippen LogP contribution in [0.4, 0.5) is 11.4 Å². The molecule has 2 amide bonds. The molecule has 0 spiro atoms. The van der Waals surface area contributed by atoms with E-state index in [1.807, 2.05) is 0 Å². The molecule has 0 radical (unpaired) electrons. The van der Waals surface area contributed by atoms with Gasteiger partial charge in [-0.05, 0) is 24.3 Å². The van der Waals surface area contributed by atoms with Gasteiger partial charge in [0.1, 0.15) is 12.4 Å². The first kappa shape index (κ1) is 23.2. The van der Waals surface area contributed by atoms with Crippen molar-refractivity contribution in [1.29, 1.82) is 0 Å². The standard InChI is InChI=1S/C18H19N3O7S2/c1-30(26,27)8-7-28-14-4-2-3-13(10-14)20-17(22)11-29-16-6-5-12(18(19)23)9-15(16)21(24)25/h2-6,9-10H,7-8,11H2,1H3,(H2,19,23)(H,20,22). The molecule has 2 aromatic carbocycles. The van der Waals surface area contributed by atoms with Crippen LogP contribution in [0.1, 0.15) is 10.4 Å². The smallest absolute Gasteiger partial charge is 0.283 e. The summed E-state index contributed by atoms with van der Waals surface area (Å²) in [6, 6.07) is 10.2. The Bertz CT molecular complexity index is 1070. The van der Waals surface area contributed by atoms with Gasteiger partial charge in [0.05, 0.1) is 21.3 Å². The molecule has 0 saturated carbocycles. The second kappa shape index (κ2) is 10.1. The molecule has 2 aromatic rings. The lowest BCUT2D eigenvalue weighted by Crippen LogP contribution is -2.15. The molecule has 0 saturated heterocycles. The molecule has 10 nitrogen and oxygen atoms in total. The van der Waals surface area contributed by atoms with Gasteiger partial charge in [0.2, 0.25) is 11.8 Å². The zero-order valence-corrected chi connectivity index (χ0v) is 17.5. The molecule has 2 rings (SSSR count). The van der Waals surface area contributed by atoms with E-state index in [-0.39, 0.29) is 34.3 Å². The van der Waals surface area contributed by atoms with Crippen LogP contribution in [0, 0.1) is 10.1 Å². The summed E-state index contributed by atoms with van der Waals surface area (Å²) < 4.78 is 27.6. The normalized spacial score (nSPS) is 11.0. The van der Waals surface area contributed by atoms with Gasteiger partial charge in [-0.2, -0.15) is 0 Å². The highest BCUT2D eigenvalue weighted by Gasteiger charge is 2.18. The van der Waals surface area contributed by atoms with Crippen LogP contribution in [0.3, 0.4) is 0 Å². The molecule has 30 heavy (non-hydrogen) atoms. The monoisotopic (exact) mass is 453 g/mol. The van der Waals surface area contributed by atoms with Gasteiger partial charge in [0.15, 0.2) is 9.84 Å². The number of thioether (sulfide) groups is 1. The van der Waals surface area contributed by atoms with Gasteiger partial charge in [-0.1, -0.05) is 6.07 Å². The summed E-state index contributed by atoms with van der Waals surface area (Å²) >= 11 is 0.940. The maximum atomic E-state index is 12.2. The third kappa shape index (κ3) is 7.37. The molecule has 0 unspecified atom stereocenters. The van der Waals surface area contributed by atoms with E-state index in [1.165, 1.54) is 18.2 Å². The summed E-state index contributed by atoms with van der Waals surface area (Å²) in [7, 11) is -3.15. The van der Waals surface area contributed by atoms with Crippen molar-refractivity contribution in [3.8, 4) is 5.75 Å². The fourth-order valence-electron chi connectivity index (χ4n) is 2.25. The van der Waals surface area contributed by atoms with Crippen molar-refractivity contribution in [1.82, 2.24) is 0 Å². The second-order valence-corrected chi connectivity index (χ2v) is 9.42. The number of benzene rings is 2. The molecule has 0 aliphatic heterocycles. The van der Waals surface area contributed by atoms with E-state index in [0.29, 0.717) is 11.4 Å². The highest BCUT2D eigenvalue weighted by molar-refractivity contribution is 8.00. The molecule has 0 fully saturated rings. The van der Waals surface area contributed by atoms with E-state index in [1.54, 1.807) is 18.2 Å². The van der Waals surface area contributed by atoms with Crippen molar-refractivity contribution >= 4 is 44.8 Å². The first-order valence-electron chi connectivity index (χ1n) is 8.46. The number of nitrogens with zero attached hydrogens (tertiary/aromatic N) is 1. The number of hydrogen-bond donors (Lipinski definition) is 2. The Morgan fingerprint density at radius 1 is 1.23 bits per heavy atom. The van der Waals surface area contributed by atoms with Crippen LogP contribution < -0.4 is 15.8 Å². The van der Waals surface area contributed by atoms with Gasteiger partial charge >= 0.3 is 0 Å². The SMILES string of the molecule is CS(=O)(=O)CCOc1cccc(NC(=O)CSc2ccc(C(N)=O)cc2[N+](=O)[O-])c1. The third-order valence-corrected chi connectivity index (χ3v) is 5.61. The summed E-state index contributed by atoms with van der Waals surface area (Å²) in [6.45, 7) is -0.0168. The summed E-state index contributed by atoms with van der Waals surface area (Å²) in [4.78, 5) is 34.2. The maximum Gasteiger partial charge on any atom is 0.283 e. The van der Waals surface area contributed by atoms with Crippen molar-refractivity contribution < 1.29 is 27.7 Å². The molecule has 3 N–H and O–H groups in total. The molecule has 160 valence electrons. The first-order chi connectivity index (χ1) is 14.0.